The molecular weight excluding hydrogens is 240 g/mol. The molecule has 1 aliphatic heterocycles. The fourth-order valence-corrected chi connectivity index (χ4v) is 3.53. The Morgan fingerprint density at radius 1 is 1.59 bits per heavy atom. The highest BCUT2D eigenvalue weighted by molar-refractivity contribution is 7.89. The number of imidazole rings is 1. The third kappa shape index (κ3) is 2.36. The first-order chi connectivity index (χ1) is 8.05. The maximum absolute atomic E-state index is 12.3. The van der Waals surface area contributed by atoms with Gasteiger partial charge in [-0.05, 0) is 19.3 Å². The van der Waals surface area contributed by atoms with E-state index in [1.165, 1.54) is 10.5 Å². The van der Waals surface area contributed by atoms with Crippen molar-refractivity contribution in [3.05, 3.63) is 12.0 Å². The summed E-state index contributed by atoms with van der Waals surface area (Å²) in [5.41, 5.74) is 5.85. The van der Waals surface area contributed by atoms with Crippen LogP contribution in [0.5, 0.6) is 0 Å². The van der Waals surface area contributed by atoms with Gasteiger partial charge >= 0.3 is 0 Å². The maximum atomic E-state index is 12.3. The standard InChI is InChI=1S/C10H18N4O2S/c1-2-9-12-7-10(13-9)17(15,16)14-6-4-3-5-8(14)11/h7-8H,2-6,11H2,1H3,(H,12,13). The quantitative estimate of drug-likeness (QED) is 0.822. The number of hydrogen-bond donors (Lipinski definition) is 2. The van der Waals surface area contributed by atoms with Crippen LogP contribution in [0.3, 0.4) is 0 Å². The summed E-state index contributed by atoms with van der Waals surface area (Å²) in [5.74, 6) is 0.675. The molecule has 3 N–H and O–H groups in total. The van der Waals surface area contributed by atoms with Crippen molar-refractivity contribution < 1.29 is 8.42 Å². The first kappa shape index (κ1) is 12.5. The molecule has 1 aliphatic rings. The van der Waals surface area contributed by atoms with E-state index < -0.39 is 16.2 Å². The molecule has 0 radical (unpaired) electrons. The predicted molar refractivity (Wildman–Crippen MR) is 63.7 cm³/mol. The minimum Gasteiger partial charge on any atom is -0.332 e. The molecule has 17 heavy (non-hydrogen) atoms. The third-order valence-corrected chi connectivity index (χ3v) is 4.86. The molecule has 1 aromatic rings. The van der Waals surface area contributed by atoms with E-state index in [0.29, 0.717) is 25.2 Å². The highest BCUT2D eigenvalue weighted by Crippen LogP contribution is 2.21. The van der Waals surface area contributed by atoms with Crippen LogP contribution >= 0.6 is 0 Å². The van der Waals surface area contributed by atoms with Crippen molar-refractivity contribution in [2.24, 2.45) is 5.73 Å². The van der Waals surface area contributed by atoms with Gasteiger partial charge in [0.2, 0.25) is 0 Å². The number of nitrogens with two attached hydrogens (primary N) is 1. The van der Waals surface area contributed by atoms with Gasteiger partial charge in [0.05, 0.1) is 12.4 Å². The van der Waals surface area contributed by atoms with Crippen molar-refractivity contribution in [2.45, 2.75) is 43.8 Å². The zero-order valence-electron chi connectivity index (χ0n) is 9.89. The van der Waals surface area contributed by atoms with E-state index in [0.717, 1.165) is 12.8 Å². The lowest BCUT2D eigenvalue weighted by molar-refractivity contribution is 0.257. The van der Waals surface area contributed by atoms with Gasteiger partial charge in [0.15, 0.2) is 5.03 Å². The Balaban J connectivity index is 2.28. The summed E-state index contributed by atoms with van der Waals surface area (Å²) in [7, 11) is -3.51. The van der Waals surface area contributed by atoms with Gasteiger partial charge in [0.25, 0.3) is 10.0 Å². The highest BCUT2D eigenvalue weighted by atomic mass is 32.2. The van der Waals surface area contributed by atoms with Crippen LogP contribution in [0.15, 0.2) is 11.2 Å². The number of hydrogen-bond acceptors (Lipinski definition) is 4. The van der Waals surface area contributed by atoms with E-state index in [1.54, 1.807) is 0 Å². The Hall–Kier alpha value is -0.920. The molecule has 96 valence electrons. The van der Waals surface area contributed by atoms with Crippen molar-refractivity contribution in [2.75, 3.05) is 6.54 Å². The van der Waals surface area contributed by atoms with Crippen LogP contribution in [-0.2, 0) is 16.4 Å². The summed E-state index contributed by atoms with van der Waals surface area (Å²) in [6, 6.07) is 0. The second kappa shape index (κ2) is 4.75. The Kier molecular flexibility index (Phi) is 3.50. The molecule has 0 aliphatic carbocycles. The average molecular weight is 258 g/mol. The lowest BCUT2D eigenvalue weighted by atomic mass is 10.1. The van der Waals surface area contributed by atoms with E-state index in [-0.39, 0.29) is 5.03 Å². The first-order valence-corrected chi connectivity index (χ1v) is 7.31. The summed E-state index contributed by atoms with van der Waals surface area (Å²) in [6.45, 7) is 2.41. The van der Waals surface area contributed by atoms with Crippen molar-refractivity contribution in [3.63, 3.8) is 0 Å². The Morgan fingerprint density at radius 2 is 2.35 bits per heavy atom. The molecule has 0 saturated carbocycles. The maximum Gasteiger partial charge on any atom is 0.261 e. The number of H-pyrrole nitrogens is 1. The second-order valence-electron chi connectivity index (χ2n) is 4.23. The van der Waals surface area contributed by atoms with Crippen molar-refractivity contribution in [3.8, 4) is 0 Å². The number of aromatic nitrogens is 2. The number of nitrogens with zero attached hydrogens (tertiary/aromatic N) is 2. The SMILES string of the molecule is CCc1ncc(S(=O)(=O)N2CCCCC2N)[nH]1. The summed E-state index contributed by atoms with van der Waals surface area (Å²) in [6.07, 6.45) is 4.20. The van der Waals surface area contributed by atoms with Crippen LogP contribution in [0.2, 0.25) is 0 Å². The number of piperidine rings is 1. The van der Waals surface area contributed by atoms with Crippen LogP contribution in [-0.4, -0.2) is 35.4 Å². The van der Waals surface area contributed by atoms with Crippen LogP contribution in [0.4, 0.5) is 0 Å². The van der Waals surface area contributed by atoms with Crippen LogP contribution in [0, 0.1) is 0 Å². The lowest BCUT2D eigenvalue weighted by Crippen LogP contribution is -2.48. The molecule has 0 aromatic carbocycles. The normalized spacial score (nSPS) is 22.8. The van der Waals surface area contributed by atoms with Gasteiger partial charge in [-0.1, -0.05) is 6.92 Å². The summed E-state index contributed by atoms with van der Waals surface area (Å²) >= 11 is 0. The van der Waals surface area contributed by atoms with Crippen molar-refractivity contribution in [1.29, 1.82) is 0 Å². The first-order valence-electron chi connectivity index (χ1n) is 5.87. The molecular formula is C10H18N4O2S. The molecule has 0 bridgehead atoms. The molecule has 0 spiro atoms. The van der Waals surface area contributed by atoms with Gasteiger partial charge in [-0.15, -0.1) is 0 Å². The summed E-state index contributed by atoms with van der Waals surface area (Å²) < 4.78 is 26.0. The van der Waals surface area contributed by atoms with E-state index in [2.05, 4.69) is 9.97 Å². The van der Waals surface area contributed by atoms with Crippen molar-refractivity contribution in [1.82, 2.24) is 14.3 Å². The zero-order valence-corrected chi connectivity index (χ0v) is 10.7. The fraction of sp³-hybridized carbons (Fsp3) is 0.700. The average Bonchev–Trinajstić information content (AvgIpc) is 2.78. The van der Waals surface area contributed by atoms with Gasteiger partial charge in [0.1, 0.15) is 5.82 Å². The molecule has 1 unspecified atom stereocenters. The summed E-state index contributed by atoms with van der Waals surface area (Å²) in [5, 5.41) is 0.145. The van der Waals surface area contributed by atoms with Gasteiger partial charge in [0, 0.05) is 13.0 Å². The van der Waals surface area contributed by atoms with Gasteiger partial charge < -0.3 is 10.7 Å². The molecule has 7 heteroatoms. The number of aryl methyl sites for hydroxylation is 1. The smallest absolute Gasteiger partial charge is 0.261 e. The molecule has 1 atom stereocenters. The minimum atomic E-state index is -3.51. The highest BCUT2D eigenvalue weighted by Gasteiger charge is 2.32. The Labute approximate surface area is 101 Å². The van der Waals surface area contributed by atoms with Gasteiger partial charge in [-0.25, -0.2) is 13.4 Å². The molecule has 2 heterocycles. The minimum absolute atomic E-state index is 0.145. The zero-order chi connectivity index (χ0) is 12.5. The molecule has 1 aromatic heterocycles. The van der Waals surface area contributed by atoms with Crippen molar-refractivity contribution >= 4 is 10.0 Å². The van der Waals surface area contributed by atoms with Gasteiger partial charge in [-0.3, -0.25) is 0 Å². The number of aromatic amines is 1. The Morgan fingerprint density at radius 3 is 2.94 bits per heavy atom. The van der Waals surface area contributed by atoms with E-state index in [9.17, 15) is 8.42 Å². The number of sulfonamides is 1. The predicted octanol–water partition coefficient (Wildman–Crippen LogP) is 0.432. The topological polar surface area (TPSA) is 92.1 Å². The molecule has 6 nitrogen and oxygen atoms in total. The monoisotopic (exact) mass is 258 g/mol. The fourth-order valence-electron chi connectivity index (χ4n) is 2.01. The molecule has 0 amide bonds. The molecule has 2 rings (SSSR count). The largest absolute Gasteiger partial charge is 0.332 e. The molecule has 1 fully saturated rings. The Bertz CT molecular complexity index is 482. The van der Waals surface area contributed by atoms with Gasteiger partial charge in [-0.2, -0.15) is 4.31 Å². The van der Waals surface area contributed by atoms with Crippen LogP contribution < -0.4 is 5.73 Å². The lowest BCUT2D eigenvalue weighted by Gasteiger charge is -2.31. The van der Waals surface area contributed by atoms with E-state index in [4.69, 9.17) is 5.73 Å². The molecule has 1 saturated heterocycles. The third-order valence-electron chi connectivity index (χ3n) is 3.02. The van der Waals surface area contributed by atoms with E-state index in [1.807, 2.05) is 6.92 Å². The summed E-state index contributed by atoms with van der Waals surface area (Å²) in [4.78, 5) is 6.84. The van der Waals surface area contributed by atoms with E-state index >= 15 is 0 Å². The number of rotatable bonds is 3. The number of nitrogens with one attached hydrogen (secondary N) is 1. The second-order valence-corrected chi connectivity index (χ2v) is 6.09. The van der Waals surface area contributed by atoms with Crippen LogP contribution in [0.1, 0.15) is 32.0 Å². The van der Waals surface area contributed by atoms with Crippen LogP contribution in [0.25, 0.3) is 0 Å².